The Labute approximate surface area is 566 Å². The van der Waals surface area contributed by atoms with Gasteiger partial charge in [0, 0.05) is 105 Å². The van der Waals surface area contributed by atoms with Crippen molar-refractivity contribution < 1.29 is 81.3 Å². The number of ether oxygens (including phenoxy) is 4. The van der Waals surface area contributed by atoms with Gasteiger partial charge in [-0.3, -0.25) is 42.3 Å². The Bertz CT molecular complexity index is 5270. The molecule has 30 heteroatoms. The Morgan fingerprint density at radius 2 is 0.848 bits per heavy atom. The lowest BCUT2D eigenvalue weighted by molar-refractivity contribution is 0.0756. The van der Waals surface area contributed by atoms with Crippen LogP contribution in [0.25, 0.3) is 32.7 Å². The molecule has 99 heavy (non-hydrogen) atoms. The SMILES string of the molecule is CN(c1c2c(c(O)c3ncccc13)C(=O)N(Cc1ccc(F)c(F)c1)C2)S(C)(=O)=O.COc1ccc(COc2c3c(c(N(C)S(C)(=O)=O)c4cccnc24)CN(Cc2ccc(F)c(F)c2)C3=O)cc1.COc1ccc(COc2c3c(c(N(C)S(C)(=O)=O)c4cccnc24)CNC3=O)cc1. The molecule has 0 unspecified atom stereocenters. The van der Waals surface area contributed by atoms with Gasteiger partial charge in [-0.05, 0) is 107 Å². The van der Waals surface area contributed by atoms with Crippen LogP contribution in [-0.4, -0.2) is 127 Å². The number of hydrogen-bond acceptors (Lipinski definition) is 17. The van der Waals surface area contributed by atoms with Crippen molar-refractivity contribution in [3.05, 3.63) is 219 Å². The largest absolute Gasteiger partial charge is 0.505 e. The number of pyridine rings is 3. The molecular formula is C69H63F4N9O14S3. The lowest BCUT2D eigenvalue weighted by atomic mass is 10.0. The fourth-order valence-corrected chi connectivity index (χ4v) is 13.4. The maximum Gasteiger partial charge on any atom is 0.258 e. The van der Waals surface area contributed by atoms with Gasteiger partial charge in [-0.2, -0.15) is 0 Å². The fraction of sp³-hybridized carbons (Fsp3) is 0.217. The summed E-state index contributed by atoms with van der Waals surface area (Å²) in [5.41, 5.74) is 6.13. The lowest BCUT2D eigenvalue weighted by Crippen LogP contribution is -2.26. The molecular weight excluding hydrogens is 1350 g/mol. The Balaban J connectivity index is 0.000000152. The highest BCUT2D eigenvalue weighted by Crippen LogP contribution is 2.48. The van der Waals surface area contributed by atoms with Crippen molar-refractivity contribution in [2.45, 2.75) is 45.9 Å². The van der Waals surface area contributed by atoms with E-state index < -0.39 is 65.2 Å². The van der Waals surface area contributed by atoms with Crippen LogP contribution in [0.4, 0.5) is 34.6 Å². The molecule has 0 spiro atoms. The molecule has 514 valence electrons. The van der Waals surface area contributed by atoms with E-state index in [1.807, 2.05) is 36.4 Å². The standard InChI is InChI=1S/C28H25F2N3O5S.C21H21N3O5S.C20H17F2N3O4S/c1-32(39(3,35)36)26-20-5-4-12-31-25(20)27(38-16-17-6-9-19(37-2)10-7-17)24-21(26)15-33(28(24)34)14-18-8-11-22(29)23(30)13-18;1-24(30(3,26)27)19-15-5-4-10-22-18(15)20(17-16(19)11-23-21(17)25)29-12-13-6-8-14(28-2)9-7-13;1-24(30(2,28)29)18-12-4-3-7-23-17(12)19(26)16-13(18)10-25(20(16)27)9-11-5-6-14(21)15(22)8-11/h4-13H,14-16H2,1-3H3;4-10H,11-12H2,1-3H3,(H,23,25);3-8,26H,9-10H2,1-2H3. The van der Waals surface area contributed by atoms with Crippen LogP contribution in [-0.2, 0) is 76.0 Å². The van der Waals surface area contributed by atoms with Gasteiger partial charge in [-0.15, -0.1) is 0 Å². The minimum absolute atomic E-state index is 0.0131. The zero-order valence-corrected chi connectivity index (χ0v) is 56.7. The molecule has 0 saturated carbocycles. The first-order chi connectivity index (χ1) is 47.0. The number of benzene rings is 7. The highest BCUT2D eigenvalue weighted by molar-refractivity contribution is 7.92. The summed E-state index contributed by atoms with van der Waals surface area (Å²) >= 11 is 0. The number of aromatic hydroxyl groups is 1. The van der Waals surface area contributed by atoms with E-state index in [1.54, 1.807) is 68.9 Å². The van der Waals surface area contributed by atoms with Crippen LogP contribution < -0.4 is 37.2 Å². The zero-order valence-electron chi connectivity index (χ0n) is 54.3. The maximum atomic E-state index is 13.9. The summed E-state index contributed by atoms with van der Waals surface area (Å²) in [5, 5.41) is 15.0. The third kappa shape index (κ3) is 13.9. The number of rotatable bonds is 18. The minimum Gasteiger partial charge on any atom is -0.505 e. The number of halogens is 4. The lowest BCUT2D eigenvalue weighted by Gasteiger charge is -2.23. The van der Waals surface area contributed by atoms with Crippen LogP contribution >= 0.6 is 0 Å². The van der Waals surface area contributed by atoms with E-state index in [9.17, 15) is 62.3 Å². The molecule has 0 radical (unpaired) electrons. The number of aromatic nitrogens is 3. The van der Waals surface area contributed by atoms with Gasteiger partial charge in [0.25, 0.3) is 17.7 Å². The number of anilines is 3. The van der Waals surface area contributed by atoms with E-state index in [0.717, 1.165) is 68.5 Å². The summed E-state index contributed by atoms with van der Waals surface area (Å²) < 4.78 is 154. The van der Waals surface area contributed by atoms with Crippen molar-refractivity contribution in [3.63, 3.8) is 0 Å². The van der Waals surface area contributed by atoms with Crippen LogP contribution in [0.15, 0.2) is 140 Å². The molecule has 0 aliphatic carbocycles. The second kappa shape index (κ2) is 27.6. The number of phenolic OH excluding ortho intramolecular Hbond substituents is 1. The van der Waals surface area contributed by atoms with Crippen LogP contribution in [0.2, 0.25) is 0 Å². The smallest absolute Gasteiger partial charge is 0.258 e. The molecule has 13 rings (SSSR count). The summed E-state index contributed by atoms with van der Waals surface area (Å²) in [5.74, 6) is -3.70. The first kappa shape index (κ1) is 69.5. The Morgan fingerprint density at radius 3 is 1.25 bits per heavy atom. The van der Waals surface area contributed by atoms with Gasteiger partial charge in [0.1, 0.15) is 41.3 Å². The molecule has 0 fully saturated rings. The van der Waals surface area contributed by atoms with Crippen LogP contribution in [0.1, 0.15) is 70.0 Å². The van der Waals surface area contributed by atoms with E-state index in [1.165, 1.54) is 59.8 Å². The summed E-state index contributed by atoms with van der Waals surface area (Å²) in [6.07, 6.45) is 7.79. The van der Waals surface area contributed by atoms with Gasteiger partial charge in [0.05, 0.1) is 66.7 Å². The second-order valence-corrected chi connectivity index (χ2v) is 29.3. The number of amides is 3. The molecule has 6 heterocycles. The van der Waals surface area contributed by atoms with Gasteiger partial charge in [-0.25, -0.2) is 42.8 Å². The number of carbonyl (C=O) groups excluding carboxylic acids is 3. The molecule has 0 atom stereocenters. The third-order valence-corrected chi connectivity index (χ3v) is 20.4. The van der Waals surface area contributed by atoms with Crippen molar-refractivity contribution in [1.29, 1.82) is 0 Å². The highest BCUT2D eigenvalue weighted by Gasteiger charge is 2.40. The topological polar surface area (TPSA) is 278 Å². The molecule has 0 bridgehead atoms. The van der Waals surface area contributed by atoms with E-state index in [4.69, 9.17) is 18.9 Å². The number of nitrogens with one attached hydrogen (secondary N) is 1. The summed E-state index contributed by atoms with van der Waals surface area (Å²) in [7, 11) is -3.54. The summed E-state index contributed by atoms with van der Waals surface area (Å²) in [6.45, 7) is 0.501. The molecule has 3 amide bonds. The number of nitrogens with zero attached hydrogens (tertiary/aromatic N) is 8. The minimum atomic E-state index is -3.72. The van der Waals surface area contributed by atoms with Crippen LogP contribution in [0.3, 0.4) is 0 Å². The van der Waals surface area contributed by atoms with Crippen LogP contribution in [0, 0.1) is 23.3 Å². The number of hydrogen-bond donors (Lipinski definition) is 2. The summed E-state index contributed by atoms with van der Waals surface area (Å²) in [6, 6.07) is 31.5. The first-order valence-corrected chi connectivity index (χ1v) is 35.6. The highest BCUT2D eigenvalue weighted by atomic mass is 32.2. The Kier molecular flexibility index (Phi) is 19.4. The van der Waals surface area contributed by atoms with Crippen molar-refractivity contribution in [2.24, 2.45) is 0 Å². The molecule has 3 aromatic heterocycles. The van der Waals surface area contributed by atoms with E-state index in [-0.39, 0.29) is 85.7 Å². The predicted octanol–water partition coefficient (Wildman–Crippen LogP) is 9.88. The average molecular weight is 1410 g/mol. The molecule has 0 saturated heterocycles. The molecule has 3 aliphatic rings. The van der Waals surface area contributed by atoms with E-state index >= 15 is 0 Å². The third-order valence-electron chi connectivity index (χ3n) is 16.9. The molecule has 23 nitrogen and oxygen atoms in total. The number of methoxy groups -OCH3 is 2. The zero-order chi connectivity index (χ0) is 71.2. The first-order valence-electron chi connectivity index (χ1n) is 30.1. The average Bonchev–Trinajstić information content (AvgIpc) is 1.67. The van der Waals surface area contributed by atoms with Crippen molar-refractivity contribution >= 4 is 97.6 Å². The molecule has 3 aliphatic heterocycles. The van der Waals surface area contributed by atoms with Gasteiger partial charge in [-0.1, -0.05) is 36.4 Å². The maximum absolute atomic E-state index is 13.9. The van der Waals surface area contributed by atoms with Crippen molar-refractivity contribution in [1.82, 2.24) is 30.1 Å². The second-order valence-electron chi connectivity index (χ2n) is 23.3. The molecule has 10 aromatic rings. The van der Waals surface area contributed by atoms with Gasteiger partial charge in [0.2, 0.25) is 30.1 Å². The number of sulfonamides is 3. The fourth-order valence-electron chi connectivity index (χ4n) is 11.8. The molecule has 7 aromatic carbocycles. The monoisotopic (exact) mass is 1410 g/mol. The van der Waals surface area contributed by atoms with E-state index in [2.05, 4.69) is 20.3 Å². The quantitative estimate of drug-likeness (QED) is 0.0756. The van der Waals surface area contributed by atoms with Gasteiger partial charge in [0.15, 0.2) is 40.5 Å². The van der Waals surface area contributed by atoms with Crippen molar-refractivity contribution in [2.75, 3.05) is 67.0 Å². The van der Waals surface area contributed by atoms with Crippen molar-refractivity contribution in [3.8, 4) is 28.7 Å². The number of fused-ring (bicyclic) bond motifs is 6. The van der Waals surface area contributed by atoms with Crippen LogP contribution in [0.5, 0.6) is 28.7 Å². The normalized spacial score (nSPS) is 13.3. The number of phenols is 1. The summed E-state index contributed by atoms with van der Waals surface area (Å²) in [4.78, 5) is 55.2. The number of carbonyl (C=O) groups is 3. The Hall–Kier alpha value is -10.9. The molecule has 2 N–H and O–H groups in total. The van der Waals surface area contributed by atoms with E-state index in [0.29, 0.717) is 83.4 Å². The Morgan fingerprint density at radius 1 is 0.485 bits per heavy atom. The predicted molar refractivity (Wildman–Crippen MR) is 362 cm³/mol. The van der Waals surface area contributed by atoms with Gasteiger partial charge < -0.3 is 39.2 Å². The van der Waals surface area contributed by atoms with Gasteiger partial charge >= 0.3 is 0 Å².